The van der Waals surface area contributed by atoms with E-state index in [4.69, 9.17) is 4.98 Å². The molecule has 0 saturated carbocycles. The fraction of sp³-hybridized carbons (Fsp3) is 0.115. The third-order valence-corrected chi connectivity index (χ3v) is 5.72. The van der Waals surface area contributed by atoms with E-state index >= 15 is 0 Å². The van der Waals surface area contributed by atoms with Crippen molar-refractivity contribution >= 4 is 27.8 Å². The second-order valence-corrected chi connectivity index (χ2v) is 8.79. The first kappa shape index (κ1) is 21.7. The lowest BCUT2D eigenvalue weighted by Gasteiger charge is -2.10. The number of halogens is 1. The minimum absolute atomic E-state index is 0.182. The maximum Gasteiger partial charge on any atom is 0.159 e. The maximum atomic E-state index is 13.9. The summed E-state index contributed by atoms with van der Waals surface area (Å²) in [6.45, 7) is 4.15. The highest BCUT2D eigenvalue weighted by atomic mass is 19.1. The normalized spacial score (nSPS) is 11.6. The van der Waals surface area contributed by atoms with Crippen molar-refractivity contribution in [3.05, 3.63) is 67.0 Å². The number of fused-ring (bicyclic) bond motifs is 2. The summed E-state index contributed by atoms with van der Waals surface area (Å²) >= 11 is 0. The topological polar surface area (TPSA) is 128 Å². The number of pyridine rings is 3. The quantitative estimate of drug-likeness (QED) is 0.264. The monoisotopic (exact) mass is 480 g/mol. The van der Waals surface area contributed by atoms with E-state index in [0.29, 0.717) is 39.5 Å². The molecule has 5 heterocycles. The standard InChI is InChI=1S/C26H21FN8O/c1-13(2)31-18-6-15(10-28-12-18)16-8-20-23(34-35-25(20)30-11-16)26-32-21-3-4-29-22(24(21)33-26)14-5-17(27)9-19(36)7-14/h3-13,31,36H,1-2H3,(H,32,33)(H,30,34,35). The molecule has 0 atom stereocenters. The highest BCUT2D eigenvalue weighted by molar-refractivity contribution is 5.96. The average molecular weight is 481 g/mol. The molecule has 1 aromatic carbocycles. The van der Waals surface area contributed by atoms with Gasteiger partial charge in [0.1, 0.15) is 22.8 Å². The summed E-state index contributed by atoms with van der Waals surface area (Å²) in [6, 6.07) is 9.90. The number of rotatable bonds is 5. The smallest absolute Gasteiger partial charge is 0.159 e. The number of aromatic nitrogens is 7. The highest BCUT2D eigenvalue weighted by Crippen LogP contribution is 2.33. The van der Waals surface area contributed by atoms with Gasteiger partial charge in [-0.15, -0.1) is 0 Å². The predicted molar refractivity (Wildman–Crippen MR) is 136 cm³/mol. The van der Waals surface area contributed by atoms with E-state index in [0.717, 1.165) is 28.3 Å². The van der Waals surface area contributed by atoms with Crippen LogP contribution in [0.2, 0.25) is 0 Å². The molecule has 0 unspecified atom stereocenters. The molecule has 5 aromatic heterocycles. The number of benzene rings is 1. The molecule has 0 fully saturated rings. The summed E-state index contributed by atoms with van der Waals surface area (Å²) in [6.07, 6.45) is 6.96. The summed E-state index contributed by atoms with van der Waals surface area (Å²) in [5.41, 5.74) is 6.06. The van der Waals surface area contributed by atoms with E-state index in [1.54, 1.807) is 30.9 Å². The van der Waals surface area contributed by atoms with Gasteiger partial charge in [-0.3, -0.25) is 15.1 Å². The average Bonchev–Trinajstić information content (AvgIpc) is 3.46. The SMILES string of the molecule is CC(C)Nc1cncc(-c2cnc3[nH]nc(-c4nc5c(-c6cc(O)cc(F)c6)nccc5[nH]4)c3c2)c1. The number of aromatic amines is 2. The fourth-order valence-corrected chi connectivity index (χ4v) is 4.22. The van der Waals surface area contributed by atoms with Crippen LogP contribution in [-0.4, -0.2) is 46.3 Å². The summed E-state index contributed by atoms with van der Waals surface area (Å²) < 4.78 is 13.9. The minimum Gasteiger partial charge on any atom is -0.508 e. The molecule has 0 spiro atoms. The number of aromatic hydroxyl groups is 1. The Morgan fingerprint density at radius 2 is 1.81 bits per heavy atom. The van der Waals surface area contributed by atoms with Crippen LogP contribution in [0.5, 0.6) is 5.75 Å². The molecule has 10 heteroatoms. The Kier molecular flexibility index (Phi) is 5.06. The highest BCUT2D eigenvalue weighted by Gasteiger charge is 2.18. The van der Waals surface area contributed by atoms with E-state index in [2.05, 4.69) is 49.3 Å². The van der Waals surface area contributed by atoms with Crippen molar-refractivity contribution in [3.63, 3.8) is 0 Å². The van der Waals surface area contributed by atoms with Gasteiger partial charge in [0.25, 0.3) is 0 Å². The molecule has 0 amide bonds. The third kappa shape index (κ3) is 3.88. The number of anilines is 1. The summed E-state index contributed by atoms with van der Waals surface area (Å²) in [7, 11) is 0. The first-order valence-corrected chi connectivity index (χ1v) is 11.4. The molecule has 0 aliphatic heterocycles. The Balaban J connectivity index is 1.45. The van der Waals surface area contributed by atoms with Gasteiger partial charge in [-0.1, -0.05) is 0 Å². The molecule has 0 bridgehead atoms. The van der Waals surface area contributed by atoms with Crippen LogP contribution in [0.3, 0.4) is 0 Å². The van der Waals surface area contributed by atoms with Gasteiger partial charge in [-0.05, 0) is 44.2 Å². The molecular weight excluding hydrogens is 459 g/mol. The lowest BCUT2D eigenvalue weighted by Crippen LogP contribution is -2.09. The van der Waals surface area contributed by atoms with Crippen molar-refractivity contribution in [1.29, 1.82) is 0 Å². The Labute approximate surface area is 204 Å². The van der Waals surface area contributed by atoms with Crippen molar-refractivity contribution in [2.24, 2.45) is 0 Å². The zero-order chi connectivity index (χ0) is 24.8. The molecular formula is C26H21FN8O. The van der Waals surface area contributed by atoms with Crippen molar-refractivity contribution in [2.45, 2.75) is 19.9 Å². The van der Waals surface area contributed by atoms with Crippen LogP contribution in [0.1, 0.15) is 13.8 Å². The van der Waals surface area contributed by atoms with Crippen LogP contribution in [0, 0.1) is 5.82 Å². The van der Waals surface area contributed by atoms with Gasteiger partial charge in [-0.25, -0.2) is 14.4 Å². The van der Waals surface area contributed by atoms with Crippen molar-refractivity contribution in [1.82, 2.24) is 35.1 Å². The molecule has 0 aliphatic carbocycles. The summed E-state index contributed by atoms with van der Waals surface area (Å²) in [4.78, 5) is 21.3. The van der Waals surface area contributed by atoms with Gasteiger partial charge in [-0.2, -0.15) is 5.10 Å². The van der Waals surface area contributed by atoms with Crippen molar-refractivity contribution < 1.29 is 9.50 Å². The third-order valence-electron chi connectivity index (χ3n) is 5.72. The Morgan fingerprint density at radius 1 is 0.944 bits per heavy atom. The Morgan fingerprint density at radius 3 is 2.64 bits per heavy atom. The molecule has 9 nitrogen and oxygen atoms in total. The second-order valence-electron chi connectivity index (χ2n) is 8.79. The zero-order valence-electron chi connectivity index (χ0n) is 19.4. The van der Waals surface area contributed by atoms with Crippen molar-refractivity contribution in [3.8, 4) is 39.7 Å². The summed E-state index contributed by atoms with van der Waals surface area (Å²) in [5.74, 6) is -0.226. The molecule has 36 heavy (non-hydrogen) atoms. The minimum atomic E-state index is -0.557. The van der Waals surface area contributed by atoms with Crippen LogP contribution in [-0.2, 0) is 0 Å². The largest absolute Gasteiger partial charge is 0.508 e. The lowest BCUT2D eigenvalue weighted by atomic mass is 10.1. The molecule has 0 aliphatic rings. The first-order valence-electron chi connectivity index (χ1n) is 11.4. The molecule has 4 N–H and O–H groups in total. The Bertz CT molecular complexity index is 1720. The first-order chi connectivity index (χ1) is 17.4. The molecule has 0 radical (unpaired) electrons. The van der Waals surface area contributed by atoms with Gasteiger partial charge in [0.15, 0.2) is 11.5 Å². The van der Waals surface area contributed by atoms with Crippen molar-refractivity contribution in [2.75, 3.05) is 5.32 Å². The number of nitrogens with one attached hydrogen (secondary N) is 3. The molecule has 6 rings (SSSR count). The fourth-order valence-electron chi connectivity index (χ4n) is 4.22. The molecule has 178 valence electrons. The Hall–Kier alpha value is -4.86. The van der Waals surface area contributed by atoms with E-state index < -0.39 is 5.82 Å². The van der Waals surface area contributed by atoms with Crippen LogP contribution in [0.4, 0.5) is 10.1 Å². The number of hydrogen-bond acceptors (Lipinski definition) is 7. The molecule has 6 aromatic rings. The molecule has 0 saturated heterocycles. The van der Waals surface area contributed by atoms with E-state index in [1.165, 1.54) is 12.1 Å². The zero-order valence-corrected chi connectivity index (χ0v) is 19.4. The van der Waals surface area contributed by atoms with Gasteiger partial charge >= 0.3 is 0 Å². The van der Waals surface area contributed by atoms with Gasteiger partial charge in [0, 0.05) is 53.6 Å². The van der Waals surface area contributed by atoms with Gasteiger partial charge in [0.05, 0.1) is 22.3 Å². The number of hydrogen-bond donors (Lipinski definition) is 4. The maximum absolute atomic E-state index is 13.9. The number of nitrogens with zero attached hydrogens (tertiary/aromatic N) is 5. The van der Waals surface area contributed by atoms with Gasteiger partial charge < -0.3 is 15.4 Å². The number of phenols is 1. The van der Waals surface area contributed by atoms with E-state index in [-0.39, 0.29) is 11.8 Å². The van der Waals surface area contributed by atoms with Crippen LogP contribution in [0.15, 0.2) is 61.2 Å². The second kappa shape index (κ2) is 8.42. The lowest BCUT2D eigenvalue weighted by molar-refractivity contribution is 0.469. The number of phenolic OH excluding ortho intramolecular Hbond substituents is 1. The predicted octanol–water partition coefficient (Wildman–Crippen LogP) is 5.29. The van der Waals surface area contributed by atoms with Crippen LogP contribution >= 0.6 is 0 Å². The van der Waals surface area contributed by atoms with Gasteiger partial charge in [0.2, 0.25) is 0 Å². The van der Waals surface area contributed by atoms with Crippen LogP contribution in [0.25, 0.3) is 56.0 Å². The summed E-state index contributed by atoms with van der Waals surface area (Å²) in [5, 5.41) is 21.4. The number of H-pyrrole nitrogens is 2. The number of imidazole rings is 1. The van der Waals surface area contributed by atoms with E-state index in [1.807, 2.05) is 12.1 Å². The van der Waals surface area contributed by atoms with Crippen LogP contribution < -0.4 is 5.32 Å². The van der Waals surface area contributed by atoms with E-state index in [9.17, 15) is 9.50 Å².